The monoisotopic (exact) mass is 499 g/mol. The highest BCUT2D eigenvalue weighted by Gasteiger charge is 2.24. The molecule has 0 aliphatic carbocycles. The molecule has 0 amide bonds. The van der Waals surface area contributed by atoms with Crippen molar-refractivity contribution >= 4 is 33.3 Å². The Balaban J connectivity index is 1.47. The lowest BCUT2D eigenvalue weighted by Gasteiger charge is -2.32. The van der Waals surface area contributed by atoms with Crippen LogP contribution in [0.25, 0.3) is 44.3 Å². The number of anilines is 2. The summed E-state index contributed by atoms with van der Waals surface area (Å²) >= 11 is 0. The molecule has 3 nitrogen and oxygen atoms in total. The largest absolute Gasteiger partial charge is 0.454 e. The number of benzene rings is 4. The molecular weight excluding hydrogens is 471 g/mol. The topological polar surface area (TPSA) is 20.3 Å². The van der Waals surface area contributed by atoms with E-state index in [0.717, 1.165) is 69.5 Å². The first-order valence-electron chi connectivity index (χ1n) is 13.2. The third-order valence-electron chi connectivity index (χ3n) is 7.84. The lowest BCUT2D eigenvalue weighted by Crippen LogP contribution is -2.30. The third kappa shape index (κ3) is 3.52. The molecule has 0 fully saturated rings. The van der Waals surface area contributed by atoms with E-state index in [2.05, 4.69) is 71.0 Å². The molecule has 4 aromatic carbocycles. The van der Waals surface area contributed by atoms with E-state index in [4.69, 9.17) is 4.42 Å². The van der Waals surface area contributed by atoms with Crippen LogP contribution in [-0.2, 0) is 13.5 Å². The molecule has 1 aliphatic rings. The molecule has 0 atom stereocenters. The molecule has 4 heteroatoms. The Hall–Kier alpha value is -4.44. The summed E-state index contributed by atoms with van der Waals surface area (Å²) in [5.74, 6) is -0.276. The van der Waals surface area contributed by atoms with Crippen LogP contribution < -0.4 is 9.47 Å². The number of aromatic nitrogens is 1. The number of nitrogens with zero attached hydrogens (tertiary/aromatic N) is 2. The first kappa shape index (κ1) is 22.7. The smallest absolute Gasteiger partial charge is 0.216 e. The zero-order chi connectivity index (χ0) is 25.8. The predicted molar refractivity (Wildman–Crippen MR) is 152 cm³/mol. The fourth-order valence-electron chi connectivity index (χ4n) is 5.95. The molecular formula is C34H28FN2O+. The summed E-state index contributed by atoms with van der Waals surface area (Å²) in [6.45, 7) is 3.03. The summed E-state index contributed by atoms with van der Waals surface area (Å²) in [5, 5.41) is 1.92. The van der Waals surface area contributed by atoms with Crippen molar-refractivity contribution < 1.29 is 13.4 Å². The average Bonchev–Trinajstić information content (AvgIpc) is 3.32. The van der Waals surface area contributed by atoms with E-state index < -0.39 is 0 Å². The maximum absolute atomic E-state index is 15.7. The molecule has 0 bridgehead atoms. The van der Waals surface area contributed by atoms with Gasteiger partial charge in [-0.1, -0.05) is 42.5 Å². The number of pyridine rings is 1. The molecule has 3 heterocycles. The SMILES string of the molecule is Cc1ccc2c(oc3c(-c4ccc5c(c4)N(c4ccccc4)CCC5)c(F)ccc32)c1-c1cccc[n+]1C. The van der Waals surface area contributed by atoms with Crippen molar-refractivity contribution in [1.29, 1.82) is 0 Å². The lowest BCUT2D eigenvalue weighted by molar-refractivity contribution is -0.660. The van der Waals surface area contributed by atoms with E-state index >= 15 is 4.39 Å². The number of furan rings is 1. The first-order chi connectivity index (χ1) is 18.6. The van der Waals surface area contributed by atoms with E-state index in [-0.39, 0.29) is 5.82 Å². The Morgan fingerprint density at radius 3 is 2.39 bits per heavy atom. The maximum Gasteiger partial charge on any atom is 0.216 e. The molecule has 0 spiro atoms. The minimum Gasteiger partial charge on any atom is -0.454 e. The van der Waals surface area contributed by atoms with Gasteiger partial charge >= 0.3 is 0 Å². The molecule has 0 saturated carbocycles. The van der Waals surface area contributed by atoms with Gasteiger partial charge in [-0.15, -0.1) is 0 Å². The van der Waals surface area contributed by atoms with E-state index in [1.54, 1.807) is 6.07 Å². The quantitative estimate of drug-likeness (QED) is 0.228. The van der Waals surface area contributed by atoms with Crippen molar-refractivity contribution in [3.8, 4) is 22.4 Å². The Bertz CT molecular complexity index is 1840. The average molecular weight is 500 g/mol. The summed E-state index contributed by atoms with van der Waals surface area (Å²) in [6.07, 6.45) is 4.15. The summed E-state index contributed by atoms with van der Waals surface area (Å²) in [6, 6.07) is 30.5. The maximum atomic E-state index is 15.7. The fraction of sp³-hybridized carbons (Fsp3) is 0.147. The minimum absolute atomic E-state index is 0.276. The van der Waals surface area contributed by atoms with E-state index in [1.807, 2.05) is 43.6 Å². The molecule has 0 saturated heterocycles. The summed E-state index contributed by atoms with van der Waals surface area (Å²) in [5.41, 5.74) is 9.52. The Labute approximate surface area is 221 Å². The van der Waals surface area contributed by atoms with Crippen molar-refractivity contribution in [2.45, 2.75) is 19.8 Å². The van der Waals surface area contributed by atoms with Crippen LogP contribution in [0.15, 0.2) is 102 Å². The molecule has 1 aliphatic heterocycles. The standard InChI is InChI=1S/C34H28FN2O/c1-22-13-16-26-27-17-18-28(35)32(34(27)38-33(26)31(22)29-12-6-7-19-36(29)2)24-15-14-23-9-8-20-37(30(23)21-24)25-10-4-3-5-11-25/h3-7,10-19,21H,8-9,20H2,1-2H3/q+1. The summed E-state index contributed by atoms with van der Waals surface area (Å²) < 4.78 is 24.4. The van der Waals surface area contributed by atoms with Crippen LogP contribution in [0.4, 0.5) is 15.8 Å². The van der Waals surface area contributed by atoms with Gasteiger partial charge in [0.2, 0.25) is 5.69 Å². The molecule has 2 aromatic heterocycles. The minimum atomic E-state index is -0.276. The summed E-state index contributed by atoms with van der Waals surface area (Å²) in [7, 11) is 2.03. The highest BCUT2D eigenvalue weighted by atomic mass is 19.1. The van der Waals surface area contributed by atoms with Gasteiger partial charge in [-0.25, -0.2) is 8.96 Å². The molecule has 0 radical (unpaired) electrons. The zero-order valence-electron chi connectivity index (χ0n) is 21.5. The molecule has 186 valence electrons. The van der Waals surface area contributed by atoms with Crippen molar-refractivity contribution in [3.05, 3.63) is 114 Å². The number of halogens is 1. The number of hydrogen-bond acceptors (Lipinski definition) is 2. The second-order valence-electron chi connectivity index (χ2n) is 10.2. The van der Waals surface area contributed by atoms with Crippen LogP contribution >= 0.6 is 0 Å². The van der Waals surface area contributed by atoms with Crippen molar-refractivity contribution in [2.75, 3.05) is 11.4 Å². The molecule has 38 heavy (non-hydrogen) atoms. The summed E-state index contributed by atoms with van der Waals surface area (Å²) in [4.78, 5) is 2.34. The molecule has 6 aromatic rings. The lowest BCUT2D eigenvalue weighted by atomic mass is 9.94. The zero-order valence-corrected chi connectivity index (χ0v) is 21.5. The van der Waals surface area contributed by atoms with Gasteiger partial charge in [-0.3, -0.25) is 0 Å². The number of hydrogen-bond donors (Lipinski definition) is 0. The fourth-order valence-corrected chi connectivity index (χ4v) is 5.95. The molecule has 7 rings (SSSR count). The van der Waals surface area contributed by atoms with Gasteiger partial charge in [0.25, 0.3) is 0 Å². The highest BCUT2D eigenvalue weighted by molar-refractivity contribution is 6.13. The number of rotatable bonds is 3. The van der Waals surface area contributed by atoms with Crippen LogP contribution in [0.2, 0.25) is 0 Å². The Morgan fingerprint density at radius 1 is 0.816 bits per heavy atom. The van der Waals surface area contributed by atoms with Crippen LogP contribution in [0.1, 0.15) is 17.5 Å². The molecule has 0 N–H and O–H groups in total. The van der Waals surface area contributed by atoms with E-state index in [9.17, 15) is 0 Å². The van der Waals surface area contributed by atoms with Gasteiger partial charge in [-0.05, 0) is 72.9 Å². The van der Waals surface area contributed by atoms with Gasteiger partial charge in [-0.2, -0.15) is 0 Å². The van der Waals surface area contributed by atoms with Crippen LogP contribution in [0, 0.1) is 12.7 Å². The third-order valence-corrected chi connectivity index (χ3v) is 7.84. The first-order valence-corrected chi connectivity index (χ1v) is 13.2. The van der Waals surface area contributed by atoms with E-state index in [1.165, 1.54) is 5.56 Å². The van der Waals surface area contributed by atoms with Crippen molar-refractivity contribution in [3.63, 3.8) is 0 Å². The number of para-hydroxylation sites is 1. The van der Waals surface area contributed by atoms with Crippen LogP contribution in [-0.4, -0.2) is 6.54 Å². The van der Waals surface area contributed by atoms with Crippen molar-refractivity contribution in [1.82, 2.24) is 0 Å². The van der Waals surface area contributed by atoms with Crippen molar-refractivity contribution in [2.24, 2.45) is 7.05 Å². The van der Waals surface area contributed by atoms with E-state index in [0.29, 0.717) is 11.1 Å². The predicted octanol–water partition coefficient (Wildman–Crippen LogP) is 8.28. The van der Waals surface area contributed by atoms with Gasteiger partial charge < -0.3 is 9.32 Å². The normalized spacial score (nSPS) is 13.3. The Morgan fingerprint density at radius 2 is 1.58 bits per heavy atom. The van der Waals surface area contributed by atoms with Crippen LogP contribution in [0.3, 0.4) is 0 Å². The number of aryl methyl sites for hydroxylation is 3. The van der Waals surface area contributed by atoms with Gasteiger partial charge in [0, 0.05) is 40.8 Å². The van der Waals surface area contributed by atoms with Crippen LogP contribution in [0.5, 0.6) is 0 Å². The number of fused-ring (bicyclic) bond motifs is 4. The second kappa shape index (κ2) is 8.84. The Kier molecular flexibility index (Phi) is 5.29. The van der Waals surface area contributed by atoms with Gasteiger partial charge in [0.05, 0.1) is 11.1 Å². The molecule has 0 unspecified atom stereocenters. The second-order valence-corrected chi connectivity index (χ2v) is 10.2. The highest BCUT2D eigenvalue weighted by Crippen LogP contribution is 2.43. The van der Waals surface area contributed by atoms with Gasteiger partial charge in [0.15, 0.2) is 6.20 Å². The van der Waals surface area contributed by atoms with Gasteiger partial charge in [0.1, 0.15) is 24.0 Å².